The van der Waals surface area contributed by atoms with Gasteiger partial charge < -0.3 is 10.1 Å². The van der Waals surface area contributed by atoms with Gasteiger partial charge in [0.25, 0.3) is 0 Å². The van der Waals surface area contributed by atoms with E-state index in [4.69, 9.17) is 10.00 Å². The van der Waals surface area contributed by atoms with Crippen molar-refractivity contribution in [2.75, 3.05) is 12.4 Å². The van der Waals surface area contributed by atoms with Crippen molar-refractivity contribution in [1.29, 1.82) is 5.26 Å². The molecule has 1 aromatic carbocycles. The second-order valence-corrected chi connectivity index (χ2v) is 3.61. The van der Waals surface area contributed by atoms with E-state index in [1.54, 1.807) is 19.2 Å². The summed E-state index contributed by atoms with van der Waals surface area (Å²) >= 11 is 0. The zero-order valence-electron chi connectivity index (χ0n) is 9.92. The number of hydrogen-bond acceptors (Lipinski definition) is 5. The Hall–Kier alpha value is -2.61. The van der Waals surface area contributed by atoms with E-state index in [1.807, 2.05) is 18.2 Å². The van der Waals surface area contributed by atoms with Crippen LogP contribution >= 0.6 is 0 Å². The standard InChI is InChI=1S/C13H12N4O/c1-18-13-6-12(16-9-17-13)15-8-11-4-2-3-10(5-11)7-14/h2-6,9H,8H2,1H3,(H,15,16,17). The molecule has 0 atom stereocenters. The Bertz CT molecular complexity index is 577. The van der Waals surface area contributed by atoms with E-state index in [0.29, 0.717) is 23.8 Å². The summed E-state index contributed by atoms with van der Waals surface area (Å²) < 4.78 is 5.01. The summed E-state index contributed by atoms with van der Waals surface area (Å²) in [7, 11) is 1.56. The molecule has 0 aliphatic carbocycles. The molecule has 0 saturated carbocycles. The monoisotopic (exact) mass is 240 g/mol. The van der Waals surface area contributed by atoms with Crippen molar-refractivity contribution in [1.82, 2.24) is 9.97 Å². The maximum atomic E-state index is 8.81. The normalized spacial score (nSPS) is 9.56. The molecule has 0 aliphatic rings. The molecule has 1 heterocycles. The van der Waals surface area contributed by atoms with Crippen LogP contribution in [0.4, 0.5) is 5.82 Å². The van der Waals surface area contributed by atoms with Gasteiger partial charge in [-0.25, -0.2) is 9.97 Å². The van der Waals surface area contributed by atoms with Crippen LogP contribution in [0.15, 0.2) is 36.7 Å². The Balaban J connectivity index is 2.04. The van der Waals surface area contributed by atoms with E-state index in [-0.39, 0.29) is 0 Å². The molecule has 90 valence electrons. The maximum absolute atomic E-state index is 8.81. The van der Waals surface area contributed by atoms with Gasteiger partial charge in [-0.3, -0.25) is 0 Å². The molecular formula is C13H12N4O. The van der Waals surface area contributed by atoms with Crippen molar-refractivity contribution in [2.45, 2.75) is 6.54 Å². The number of rotatable bonds is 4. The van der Waals surface area contributed by atoms with Gasteiger partial charge in [-0.15, -0.1) is 0 Å². The van der Waals surface area contributed by atoms with Gasteiger partial charge in [0.1, 0.15) is 12.1 Å². The summed E-state index contributed by atoms with van der Waals surface area (Å²) in [6.45, 7) is 0.593. The summed E-state index contributed by atoms with van der Waals surface area (Å²) in [6.07, 6.45) is 1.44. The molecule has 0 spiro atoms. The topological polar surface area (TPSA) is 70.8 Å². The van der Waals surface area contributed by atoms with Crippen LogP contribution in [0, 0.1) is 11.3 Å². The summed E-state index contributed by atoms with van der Waals surface area (Å²) in [5.41, 5.74) is 1.67. The Morgan fingerprint density at radius 1 is 1.33 bits per heavy atom. The predicted octanol–water partition coefficient (Wildman–Crippen LogP) is 1.97. The van der Waals surface area contributed by atoms with Crippen molar-refractivity contribution in [2.24, 2.45) is 0 Å². The molecule has 0 bridgehead atoms. The number of anilines is 1. The highest BCUT2D eigenvalue weighted by Gasteiger charge is 1.99. The largest absolute Gasteiger partial charge is 0.481 e. The average Bonchev–Trinajstić information content (AvgIpc) is 2.45. The molecule has 0 unspecified atom stereocenters. The molecule has 0 fully saturated rings. The highest BCUT2D eigenvalue weighted by Crippen LogP contribution is 2.12. The number of methoxy groups -OCH3 is 1. The lowest BCUT2D eigenvalue weighted by atomic mass is 10.1. The number of hydrogen-bond donors (Lipinski definition) is 1. The first kappa shape index (κ1) is 11.9. The minimum absolute atomic E-state index is 0.512. The molecule has 2 aromatic rings. The summed E-state index contributed by atoms with van der Waals surface area (Å²) in [4.78, 5) is 8.00. The SMILES string of the molecule is COc1cc(NCc2cccc(C#N)c2)ncn1. The van der Waals surface area contributed by atoms with Crippen molar-refractivity contribution < 1.29 is 4.74 Å². The molecular weight excluding hydrogens is 228 g/mol. The fourth-order valence-electron chi connectivity index (χ4n) is 1.49. The Kier molecular flexibility index (Phi) is 3.72. The quantitative estimate of drug-likeness (QED) is 0.884. The Morgan fingerprint density at radius 2 is 2.22 bits per heavy atom. The number of nitrogens with one attached hydrogen (secondary N) is 1. The van der Waals surface area contributed by atoms with Crippen LogP contribution in [-0.2, 0) is 6.54 Å². The van der Waals surface area contributed by atoms with Crippen molar-refractivity contribution >= 4 is 5.82 Å². The van der Waals surface area contributed by atoms with E-state index < -0.39 is 0 Å². The first-order chi connectivity index (χ1) is 8.81. The second kappa shape index (κ2) is 5.64. The van der Waals surface area contributed by atoms with Crippen LogP contribution in [0.3, 0.4) is 0 Å². The van der Waals surface area contributed by atoms with Crippen LogP contribution < -0.4 is 10.1 Å². The average molecular weight is 240 g/mol. The van der Waals surface area contributed by atoms with Crippen molar-refractivity contribution in [3.63, 3.8) is 0 Å². The highest BCUT2D eigenvalue weighted by molar-refractivity contribution is 5.39. The number of benzene rings is 1. The third kappa shape index (κ3) is 2.95. The van der Waals surface area contributed by atoms with Crippen LogP contribution in [0.5, 0.6) is 5.88 Å². The lowest BCUT2D eigenvalue weighted by Gasteiger charge is -2.06. The number of nitriles is 1. The Labute approximate surface area is 105 Å². The van der Waals surface area contributed by atoms with E-state index >= 15 is 0 Å². The number of aromatic nitrogens is 2. The summed E-state index contributed by atoms with van der Waals surface area (Å²) in [5.74, 6) is 1.20. The third-order valence-corrected chi connectivity index (χ3v) is 2.38. The third-order valence-electron chi connectivity index (χ3n) is 2.38. The lowest BCUT2D eigenvalue weighted by molar-refractivity contribution is 0.397. The van der Waals surface area contributed by atoms with Gasteiger partial charge in [0, 0.05) is 12.6 Å². The minimum Gasteiger partial charge on any atom is -0.481 e. The first-order valence-electron chi connectivity index (χ1n) is 5.41. The molecule has 1 N–H and O–H groups in total. The molecule has 0 radical (unpaired) electrons. The predicted molar refractivity (Wildman–Crippen MR) is 67.1 cm³/mol. The Morgan fingerprint density at radius 3 is 3.00 bits per heavy atom. The van der Waals surface area contributed by atoms with Gasteiger partial charge >= 0.3 is 0 Å². The minimum atomic E-state index is 0.512. The molecule has 1 aromatic heterocycles. The number of ether oxygens (including phenoxy) is 1. The molecule has 0 saturated heterocycles. The molecule has 2 rings (SSSR count). The van der Waals surface area contributed by atoms with Gasteiger partial charge in [-0.1, -0.05) is 12.1 Å². The fraction of sp³-hybridized carbons (Fsp3) is 0.154. The molecule has 5 heteroatoms. The first-order valence-corrected chi connectivity index (χ1v) is 5.41. The van der Waals surface area contributed by atoms with Crippen LogP contribution in [0.2, 0.25) is 0 Å². The molecule has 5 nitrogen and oxygen atoms in total. The second-order valence-electron chi connectivity index (χ2n) is 3.61. The van der Waals surface area contributed by atoms with Crippen molar-refractivity contribution in [3.8, 4) is 11.9 Å². The lowest BCUT2D eigenvalue weighted by Crippen LogP contribution is -2.02. The van der Waals surface area contributed by atoms with E-state index in [9.17, 15) is 0 Å². The van der Waals surface area contributed by atoms with Crippen LogP contribution in [-0.4, -0.2) is 17.1 Å². The molecule has 0 aliphatic heterocycles. The van der Waals surface area contributed by atoms with Gasteiger partial charge in [0.15, 0.2) is 0 Å². The molecule has 18 heavy (non-hydrogen) atoms. The highest BCUT2D eigenvalue weighted by atomic mass is 16.5. The fourth-order valence-corrected chi connectivity index (χ4v) is 1.49. The van der Waals surface area contributed by atoms with Crippen molar-refractivity contribution in [3.05, 3.63) is 47.8 Å². The van der Waals surface area contributed by atoms with E-state index in [2.05, 4.69) is 21.4 Å². The summed E-state index contributed by atoms with van der Waals surface area (Å²) in [5, 5.41) is 12.0. The smallest absolute Gasteiger partial charge is 0.218 e. The number of nitrogens with zero attached hydrogens (tertiary/aromatic N) is 3. The zero-order chi connectivity index (χ0) is 12.8. The van der Waals surface area contributed by atoms with Crippen LogP contribution in [0.25, 0.3) is 0 Å². The van der Waals surface area contributed by atoms with Gasteiger partial charge in [-0.2, -0.15) is 5.26 Å². The summed E-state index contributed by atoms with van der Waals surface area (Å²) in [6, 6.07) is 11.2. The van der Waals surface area contributed by atoms with Gasteiger partial charge in [0.05, 0.1) is 18.7 Å². The zero-order valence-corrected chi connectivity index (χ0v) is 9.92. The maximum Gasteiger partial charge on any atom is 0.218 e. The van der Waals surface area contributed by atoms with Gasteiger partial charge in [0.2, 0.25) is 5.88 Å². The van der Waals surface area contributed by atoms with E-state index in [0.717, 1.165) is 5.56 Å². The molecule has 0 amide bonds. The van der Waals surface area contributed by atoms with E-state index in [1.165, 1.54) is 6.33 Å². The van der Waals surface area contributed by atoms with Gasteiger partial charge in [-0.05, 0) is 17.7 Å². The van der Waals surface area contributed by atoms with Crippen LogP contribution in [0.1, 0.15) is 11.1 Å².